The molecule has 1 aliphatic rings. The molecule has 0 saturated carbocycles. The second-order valence-electron chi connectivity index (χ2n) is 8.50. The van der Waals surface area contributed by atoms with Crippen LogP contribution >= 0.6 is 0 Å². The predicted molar refractivity (Wildman–Crippen MR) is 116 cm³/mol. The van der Waals surface area contributed by atoms with E-state index < -0.39 is 11.6 Å². The Bertz CT molecular complexity index is 1150. The summed E-state index contributed by atoms with van der Waals surface area (Å²) in [6.07, 6.45) is 3.51. The van der Waals surface area contributed by atoms with Crippen LogP contribution in [-0.4, -0.2) is 50.7 Å². The van der Waals surface area contributed by atoms with Gasteiger partial charge in [-0.15, -0.1) is 0 Å². The first-order valence-corrected chi connectivity index (χ1v) is 10.4. The average molecular weight is 422 g/mol. The number of carbonyl (C=O) groups is 2. The van der Waals surface area contributed by atoms with Gasteiger partial charge in [-0.1, -0.05) is 12.1 Å². The zero-order valence-corrected chi connectivity index (χ0v) is 18.2. The van der Waals surface area contributed by atoms with Gasteiger partial charge < -0.3 is 19.4 Å². The van der Waals surface area contributed by atoms with Gasteiger partial charge in [-0.3, -0.25) is 0 Å². The molecule has 0 fully saturated rings. The number of nitrogens with one attached hydrogen (secondary N) is 1. The van der Waals surface area contributed by atoms with E-state index in [-0.39, 0.29) is 12.7 Å². The Balaban J connectivity index is 1.70. The third-order valence-corrected chi connectivity index (χ3v) is 5.11. The lowest BCUT2D eigenvalue weighted by Gasteiger charge is -2.31. The minimum Gasteiger partial charge on any atom is -0.462 e. The topological polar surface area (TPSA) is 97.4 Å². The molecule has 1 aromatic carbocycles. The van der Waals surface area contributed by atoms with Gasteiger partial charge in [0.05, 0.1) is 23.3 Å². The fourth-order valence-electron chi connectivity index (χ4n) is 3.74. The highest BCUT2D eigenvalue weighted by molar-refractivity contribution is 6.08. The van der Waals surface area contributed by atoms with Crippen LogP contribution in [0.1, 0.15) is 49.2 Å². The number of amides is 1. The van der Waals surface area contributed by atoms with Crippen molar-refractivity contribution in [3.05, 3.63) is 47.4 Å². The van der Waals surface area contributed by atoms with Crippen molar-refractivity contribution in [2.24, 2.45) is 0 Å². The minimum absolute atomic E-state index is 0.286. The first-order chi connectivity index (χ1) is 14.8. The number of fused-ring (bicyclic) bond motifs is 2. The molecular formula is C23H26N4O4. The van der Waals surface area contributed by atoms with Crippen LogP contribution in [0.3, 0.4) is 0 Å². The first-order valence-electron chi connectivity index (χ1n) is 10.4. The smallest absolute Gasteiger partial charge is 0.410 e. The number of hydrogen-bond acceptors (Lipinski definition) is 6. The maximum Gasteiger partial charge on any atom is 0.410 e. The molecular weight excluding hydrogens is 396 g/mol. The van der Waals surface area contributed by atoms with E-state index >= 15 is 0 Å². The van der Waals surface area contributed by atoms with Crippen LogP contribution in [0.4, 0.5) is 4.79 Å². The minimum atomic E-state index is -0.538. The number of H-pyrrole nitrogens is 1. The van der Waals surface area contributed by atoms with E-state index in [4.69, 9.17) is 9.47 Å². The molecule has 0 radical (unpaired) electrons. The third kappa shape index (κ3) is 4.23. The lowest BCUT2D eigenvalue weighted by atomic mass is 9.95. The van der Waals surface area contributed by atoms with Gasteiger partial charge in [-0.2, -0.15) is 0 Å². The molecule has 31 heavy (non-hydrogen) atoms. The number of ether oxygens (including phenoxy) is 2. The molecule has 0 saturated heterocycles. The summed E-state index contributed by atoms with van der Waals surface area (Å²) < 4.78 is 10.7. The fourth-order valence-corrected chi connectivity index (χ4v) is 3.74. The lowest BCUT2D eigenvalue weighted by molar-refractivity contribution is 0.0223. The number of rotatable bonds is 3. The molecule has 162 valence electrons. The van der Waals surface area contributed by atoms with Crippen molar-refractivity contribution in [1.82, 2.24) is 19.9 Å². The summed E-state index contributed by atoms with van der Waals surface area (Å²) in [5.74, 6) is -0.418. The van der Waals surface area contributed by atoms with Crippen LogP contribution in [0.15, 0.2) is 30.7 Å². The van der Waals surface area contributed by atoms with Crippen LogP contribution < -0.4 is 0 Å². The van der Waals surface area contributed by atoms with E-state index in [1.54, 1.807) is 18.0 Å². The summed E-state index contributed by atoms with van der Waals surface area (Å²) in [6.45, 7) is 8.71. The summed E-state index contributed by atoms with van der Waals surface area (Å²) in [4.78, 5) is 38.4. The molecule has 3 heterocycles. The van der Waals surface area contributed by atoms with Crippen LogP contribution in [-0.2, 0) is 22.4 Å². The van der Waals surface area contributed by atoms with E-state index in [9.17, 15) is 9.59 Å². The van der Waals surface area contributed by atoms with Crippen LogP contribution in [0.2, 0.25) is 0 Å². The number of carbonyl (C=O) groups excluding carboxylic acids is 2. The highest BCUT2D eigenvalue weighted by Crippen LogP contribution is 2.31. The number of hydrogen-bond donors (Lipinski definition) is 1. The number of aromatic amines is 1. The number of esters is 1. The SMILES string of the molecule is CCOC(=O)c1c[nH]c2ncnc(-c3ccc4c(c3)CN(C(=O)OC(C)(C)C)CC4)c12. The molecule has 0 aliphatic carbocycles. The Labute approximate surface area is 180 Å². The normalized spacial score (nSPS) is 13.7. The summed E-state index contributed by atoms with van der Waals surface area (Å²) in [5.41, 5.74) is 4.16. The maximum absolute atomic E-state index is 12.5. The molecule has 0 spiro atoms. The highest BCUT2D eigenvalue weighted by Gasteiger charge is 2.26. The molecule has 0 unspecified atom stereocenters. The standard InChI is InChI=1S/C23H26N4O4/c1-5-30-21(28)17-11-24-20-18(17)19(25-13-26-20)15-7-6-14-8-9-27(12-16(14)10-15)22(29)31-23(2,3)4/h6-7,10-11,13H,5,8-9,12H2,1-4H3,(H,24,25,26). The predicted octanol–water partition coefficient (Wildman–Crippen LogP) is 4.09. The largest absolute Gasteiger partial charge is 0.462 e. The van der Waals surface area contributed by atoms with Crippen molar-refractivity contribution in [2.45, 2.75) is 46.3 Å². The van der Waals surface area contributed by atoms with E-state index in [0.717, 1.165) is 17.5 Å². The lowest BCUT2D eigenvalue weighted by Crippen LogP contribution is -2.39. The van der Waals surface area contributed by atoms with Crippen LogP contribution in [0, 0.1) is 0 Å². The zero-order chi connectivity index (χ0) is 22.2. The second-order valence-corrected chi connectivity index (χ2v) is 8.50. The van der Waals surface area contributed by atoms with Gasteiger partial charge in [0.1, 0.15) is 17.6 Å². The molecule has 1 amide bonds. The molecule has 8 heteroatoms. The molecule has 1 aliphatic heterocycles. The van der Waals surface area contributed by atoms with Gasteiger partial charge in [-0.05, 0) is 51.3 Å². The quantitative estimate of drug-likeness (QED) is 0.639. The van der Waals surface area contributed by atoms with Gasteiger partial charge in [0.2, 0.25) is 0 Å². The van der Waals surface area contributed by atoms with Gasteiger partial charge in [0.15, 0.2) is 0 Å². The van der Waals surface area contributed by atoms with Gasteiger partial charge in [0, 0.05) is 24.8 Å². The average Bonchev–Trinajstić information content (AvgIpc) is 3.16. The van der Waals surface area contributed by atoms with Gasteiger partial charge >= 0.3 is 12.1 Å². The van der Waals surface area contributed by atoms with Crippen molar-refractivity contribution < 1.29 is 19.1 Å². The first kappa shape index (κ1) is 20.8. The molecule has 3 aromatic rings. The molecule has 0 atom stereocenters. The van der Waals surface area contributed by atoms with E-state index in [1.165, 1.54) is 11.9 Å². The van der Waals surface area contributed by atoms with Crippen molar-refractivity contribution in [1.29, 1.82) is 0 Å². The summed E-state index contributed by atoms with van der Waals surface area (Å²) in [5, 5.41) is 0.626. The number of benzene rings is 1. The fraction of sp³-hybridized carbons (Fsp3) is 0.391. The molecule has 8 nitrogen and oxygen atoms in total. The van der Waals surface area contributed by atoms with Gasteiger partial charge in [0.25, 0.3) is 0 Å². The zero-order valence-electron chi connectivity index (χ0n) is 18.2. The maximum atomic E-state index is 12.5. The third-order valence-electron chi connectivity index (χ3n) is 5.11. The monoisotopic (exact) mass is 422 g/mol. The summed E-state index contributed by atoms with van der Waals surface area (Å²) in [7, 11) is 0. The van der Waals surface area contributed by atoms with Crippen LogP contribution in [0.25, 0.3) is 22.3 Å². The van der Waals surface area contributed by atoms with Gasteiger partial charge in [-0.25, -0.2) is 19.6 Å². The van der Waals surface area contributed by atoms with E-state index in [1.807, 2.05) is 32.9 Å². The number of aromatic nitrogens is 3. The van der Waals surface area contributed by atoms with Crippen molar-refractivity contribution in [3.63, 3.8) is 0 Å². The second kappa shape index (κ2) is 8.02. The highest BCUT2D eigenvalue weighted by atomic mass is 16.6. The molecule has 2 aromatic heterocycles. The summed E-state index contributed by atoms with van der Waals surface area (Å²) >= 11 is 0. The Hall–Kier alpha value is -3.42. The van der Waals surface area contributed by atoms with Crippen molar-refractivity contribution in [3.8, 4) is 11.3 Å². The molecule has 1 N–H and O–H groups in total. The Morgan fingerprint density at radius 1 is 1.19 bits per heavy atom. The van der Waals surface area contributed by atoms with Crippen LogP contribution in [0.5, 0.6) is 0 Å². The van der Waals surface area contributed by atoms with Crippen molar-refractivity contribution in [2.75, 3.05) is 13.2 Å². The molecule has 4 rings (SSSR count). The Morgan fingerprint density at radius 3 is 2.74 bits per heavy atom. The summed E-state index contributed by atoms with van der Waals surface area (Å²) in [6, 6.07) is 6.07. The number of nitrogens with zero attached hydrogens (tertiary/aromatic N) is 3. The van der Waals surface area contributed by atoms with E-state index in [0.29, 0.717) is 35.4 Å². The van der Waals surface area contributed by atoms with Crippen molar-refractivity contribution >= 4 is 23.1 Å². The Morgan fingerprint density at radius 2 is 2.00 bits per heavy atom. The van der Waals surface area contributed by atoms with E-state index in [2.05, 4.69) is 21.0 Å². The Kier molecular flexibility index (Phi) is 5.39. The molecule has 0 bridgehead atoms.